The third-order valence-corrected chi connectivity index (χ3v) is 4.16. The van der Waals surface area contributed by atoms with Crippen molar-refractivity contribution >= 4 is 64.7 Å². The maximum absolute atomic E-state index is 6.10. The van der Waals surface area contributed by atoms with Crippen molar-refractivity contribution in [3.8, 4) is 5.75 Å². The van der Waals surface area contributed by atoms with Gasteiger partial charge in [-0.3, -0.25) is 9.67 Å². The predicted molar refractivity (Wildman–Crippen MR) is 123 cm³/mol. The summed E-state index contributed by atoms with van der Waals surface area (Å²) < 4.78 is 7.43. The van der Waals surface area contributed by atoms with Crippen LogP contribution in [0.2, 0.25) is 15.1 Å². The second-order valence-electron chi connectivity index (χ2n) is 5.51. The second kappa shape index (κ2) is 12.5. The van der Waals surface area contributed by atoms with Crippen LogP contribution in [0.1, 0.15) is 12.5 Å². The summed E-state index contributed by atoms with van der Waals surface area (Å²) in [5.74, 6) is 1.16. The van der Waals surface area contributed by atoms with E-state index in [1.54, 1.807) is 16.8 Å². The van der Waals surface area contributed by atoms with E-state index >= 15 is 0 Å². The second-order valence-corrected chi connectivity index (χ2v) is 6.76. The number of hydrogen-bond acceptors (Lipinski definition) is 3. The molecule has 27 heavy (non-hydrogen) atoms. The van der Waals surface area contributed by atoms with Crippen LogP contribution in [-0.2, 0) is 13.5 Å². The monoisotopic (exact) mass is 545 g/mol. The Morgan fingerprint density at radius 2 is 1.93 bits per heavy atom. The van der Waals surface area contributed by atoms with E-state index in [4.69, 9.17) is 39.5 Å². The number of rotatable bonds is 8. The molecule has 2 aromatic rings. The molecule has 6 nitrogen and oxygen atoms in total. The highest BCUT2D eigenvalue weighted by molar-refractivity contribution is 14.0. The van der Waals surface area contributed by atoms with E-state index in [2.05, 4.69) is 20.7 Å². The molecule has 0 saturated carbocycles. The minimum Gasteiger partial charge on any atom is -0.489 e. The van der Waals surface area contributed by atoms with Gasteiger partial charge in [0.15, 0.2) is 11.7 Å². The summed E-state index contributed by atoms with van der Waals surface area (Å²) in [6, 6.07) is 3.20. The van der Waals surface area contributed by atoms with Crippen LogP contribution in [0.5, 0.6) is 5.75 Å². The quantitative estimate of drug-likeness (QED) is 0.226. The van der Waals surface area contributed by atoms with E-state index < -0.39 is 0 Å². The third kappa shape index (κ3) is 8.33. The van der Waals surface area contributed by atoms with E-state index in [0.29, 0.717) is 40.5 Å². The van der Waals surface area contributed by atoms with Gasteiger partial charge < -0.3 is 15.4 Å². The largest absolute Gasteiger partial charge is 0.489 e. The van der Waals surface area contributed by atoms with Gasteiger partial charge in [-0.2, -0.15) is 5.10 Å². The Morgan fingerprint density at radius 3 is 2.52 bits per heavy atom. The van der Waals surface area contributed by atoms with Crippen molar-refractivity contribution in [3.63, 3.8) is 0 Å². The normalized spacial score (nSPS) is 11.1. The highest BCUT2D eigenvalue weighted by Crippen LogP contribution is 2.35. The highest BCUT2D eigenvalue weighted by atomic mass is 127. The molecule has 0 unspecified atom stereocenters. The molecule has 0 aliphatic heterocycles. The van der Waals surface area contributed by atoms with Gasteiger partial charge in [0, 0.05) is 31.4 Å². The lowest BCUT2D eigenvalue weighted by Gasteiger charge is -2.13. The van der Waals surface area contributed by atoms with E-state index in [-0.39, 0.29) is 24.0 Å². The van der Waals surface area contributed by atoms with Crippen LogP contribution in [0.25, 0.3) is 0 Å². The molecule has 1 aromatic carbocycles. The average Bonchev–Trinajstić information content (AvgIpc) is 2.98. The Balaban J connectivity index is 0.00000364. The topological polar surface area (TPSA) is 63.5 Å². The third-order valence-electron chi connectivity index (χ3n) is 3.38. The Morgan fingerprint density at radius 1 is 1.22 bits per heavy atom. The maximum Gasteiger partial charge on any atom is 0.191 e. The van der Waals surface area contributed by atoms with Crippen molar-refractivity contribution in [1.29, 1.82) is 0 Å². The fourth-order valence-corrected chi connectivity index (χ4v) is 3.15. The van der Waals surface area contributed by atoms with Gasteiger partial charge in [-0.15, -0.1) is 24.0 Å². The fourth-order valence-electron chi connectivity index (χ4n) is 2.23. The van der Waals surface area contributed by atoms with Crippen LogP contribution >= 0.6 is 58.8 Å². The predicted octanol–water partition coefficient (Wildman–Crippen LogP) is 4.17. The molecule has 0 bridgehead atoms. The summed E-state index contributed by atoms with van der Waals surface area (Å²) in [6.45, 7) is 4.38. The molecule has 2 rings (SSSR count). The Bertz CT molecular complexity index is 731. The molecule has 2 N–H and O–H groups in total. The number of aliphatic imine (C=N–C) groups is 1. The van der Waals surface area contributed by atoms with E-state index in [1.165, 1.54) is 0 Å². The highest BCUT2D eigenvalue weighted by Gasteiger charge is 2.09. The summed E-state index contributed by atoms with van der Waals surface area (Å²) in [5, 5.41) is 11.8. The molecule has 0 amide bonds. The number of halogens is 4. The molecule has 0 atom stereocenters. The summed E-state index contributed by atoms with van der Waals surface area (Å²) in [4.78, 5) is 4.54. The number of aromatic nitrogens is 2. The van der Waals surface area contributed by atoms with Crippen LogP contribution in [0.15, 0.2) is 29.5 Å². The van der Waals surface area contributed by atoms with E-state index in [1.807, 2.05) is 26.4 Å². The van der Waals surface area contributed by atoms with Crippen molar-refractivity contribution in [3.05, 3.63) is 45.2 Å². The molecular weight excluding hydrogens is 523 g/mol. The first kappa shape index (κ1) is 24.1. The Kier molecular flexibility index (Phi) is 11.2. The van der Waals surface area contributed by atoms with Gasteiger partial charge in [0.1, 0.15) is 6.61 Å². The van der Waals surface area contributed by atoms with Crippen molar-refractivity contribution in [1.82, 2.24) is 20.4 Å². The minimum atomic E-state index is 0. The van der Waals surface area contributed by atoms with Gasteiger partial charge in [0.05, 0.1) is 22.8 Å². The first-order valence-corrected chi connectivity index (χ1v) is 9.40. The zero-order chi connectivity index (χ0) is 18.9. The van der Waals surface area contributed by atoms with Crippen molar-refractivity contribution in [2.24, 2.45) is 12.0 Å². The molecule has 0 aliphatic carbocycles. The fraction of sp³-hybridized carbons (Fsp3) is 0.412. The van der Waals surface area contributed by atoms with Crippen LogP contribution in [0, 0.1) is 0 Å². The number of nitrogens with one attached hydrogen (secondary N) is 2. The van der Waals surface area contributed by atoms with E-state index in [0.717, 1.165) is 24.5 Å². The molecule has 1 aromatic heterocycles. The molecule has 150 valence electrons. The molecule has 1 heterocycles. The van der Waals surface area contributed by atoms with Crippen LogP contribution in [0.4, 0.5) is 0 Å². The molecule has 0 spiro atoms. The number of aryl methyl sites for hydroxylation is 1. The first-order chi connectivity index (χ1) is 12.5. The van der Waals surface area contributed by atoms with Gasteiger partial charge in [-0.05, 0) is 31.0 Å². The smallest absolute Gasteiger partial charge is 0.191 e. The zero-order valence-electron chi connectivity index (χ0n) is 15.1. The first-order valence-electron chi connectivity index (χ1n) is 8.26. The summed E-state index contributed by atoms with van der Waals surface area (Å²) >= 11 is 18.1. The summed E-state index contributed by atoms with van der Waals surface area (Å²) in [7, 11) is 1.90. The number of nitrogens with zero attached hydrogens (tertiary/aromatic N) is 3. The lowest BCUT2D eigenvalue weighted by Crippen LogP contribution is -2.39. The van der Waals surface area contributed by atoms with Gasteiger partial charge in [0.2, 0.25) is 0 Å². The van der Waals surface area contributed by atoms with Gasteiger partial charge in [-0.25, -0.2) is 0 Å². The Hall–Kier alpha value is -0.900. The lowest BCUT2D eigenvalue weighted by molar-refractivity contribution is 0.322. The standard InChI is InChI=1S/C17H22Cl3N5O.HI/c1-3-21-17(22-5-4-12-10-24-25(2)11-12)23-6-7-26-16-14(19)8-13(18)9-15(16)20;/h8-11H,3-7H2,1-2H3,(H2,21,22,23);1H. The minimum absolute atomic E-state index is 0. The molecule has 0 radical (unpaired) electrons. The molecular formula is C17H23Cl3IN5O. The Labute approximate surface area is 191 Å². The summed E-state index contributed by atoms with van der Waals surface area (Å²) in [5.41, 5.74) is 1.16. The van der Waals surface area contributed by atoms with E-state index in [9.17, 15) is 0 Å². The molecule has 0 saturated heterocycles. The van der Waals surface area contributed by atoms with Gasteiger partial charge in [-0.1, -0.05) is 34.8 Å². The number of ether oxygens (including phenoxy) is 1. The van der Waals surface area contributed by atoms with Crippen LogP contribution in [0.3, 0.4) is 0 Å². The molecule has 10 heteroatoms. The zero-order valence-corrected chi connectivity index (χ0v) is 19.7. The van der Waals surface area contributed by atoms with Crippen LogP contribution < -0.4 is 15.4 Å². The van der Waals surface area contributed by atoms with Gasteiger partial charge >= 0.3 is 0 Å². The van der Waals surface area contributed by atoms with Crippen molar-refractivity contribution < 1.29 is 4.74 Å². The molecule has 0 fully saturated rings. The number of guanidine groups is 1. The van der Waals surface area contributed by atoms with Crippen molar-refractivity contribution in [2.45, 2.75) is 13.3 Å². The van der Waals surface area contributed by atoms with Gasteiger partial charge in [0.25, 0.3) is 0 Å². The van der Waals surface area contributed by atoms with Crippen molar-refractivity contribution in [2.75, 3.05) is 26.2 Å². The lowest BCUT2D eigenvalue weighted by atomic mass is 10.3. The SMILES string of the molecule is CCNC(=NCCc1cnn(C)c1)NCCOc1c(Cl)cc(Cl)cc1Cl.I. The maximum atomic E-state index is 6.10. The molecule has 0 aliphatic rings. The average molecular weight is 547 g/mol. The number of benzene rings is 1. The van der Waals surface area contributed by atoms with Crippen LogP contribution in [-0.4, -0.2) is 42.0 Å². The number of hydrogen-bond donors (Lipinski definition) is 2. The summed E-state index contributed by atoms with van der Waals surface area (Å²) in [6.07, 6.45) is 4.67.